The van der Waals surface area contributed by atoms with Gasteiger partial charge in [0, 0.05) is 41.5 Å². The van der Waals surface area contributed by atoms with Gasteiger partial charge in [0.05, 0.1) is 32.1 Å². The van der Waals surface area contributed by atoms with Crippen molar-refractivity contribution < 1.29 is 19.4 Å². The summed E-state index contributed by atoms with van der Waals surface area (Å²) in [5.41, 5.74) is 5.68. The Balaban J connectivity index is 1.39. The van der Waals surface area contributed by atoms with Crippen LogP contribution in [0.4, 0.5) is 0 Å². The third-order valence-electron chi connectivity index (χ3n) is 7.16. The standard InChI is InChI=1S/C29H31N3O4/c1-35-26-16-22-23-15-21(33)7-8-25(23)32-28(24(22)17-27(26)36-2)19-3-5-20(6-4-19)29(34)31-14-11-18-9-12-30-13-10-18/h3-6,9-10,12-13,16-17,21,23,25,33H,7-8,11,14-15H2,1-2H3,(H,31,34). The highest BCUT2D eigenvalue weighted by Crippen LogP contribution is 2.44. The molecule has 7 heteroatoms. The van der Waals surface area contributed by atoms with Crippen molar-refractivity contribution >= 4 is 11.6 Å². The number of carbonyl (C=O) groups excluding carboxylic acids is 1. The van der Waals surface area contributed by atoms with Gasteiger partial charge in [-0.05, 0) is 73.2 Å². The van der Waals surface area contributed by atoms with Crippen LogP contribution in [0.25, 0.3) is 0 Å². The van der Waals surface area contributed by atoms with Crippen LogP contribution in [0, 0.1) is 0 Å². The minimum absolute atomic E-state index is 0.102. The molecule has 5 rings (SSSR count). The van der Waals surface area contributed by atoms with Gasteiger partial charge in [0.15, 0.2) is 11.5 Å². The number of pyridine rings is 1. The van der Waals surface area contributed by atoms with E-state index in [1.165, 1.54) is 0 Å². The molecule has 2 aromatic carbocycles. The molecule has 2 N–H and O–H groups in total. The molecule has 1 aliphatic heterocycles. The van der Waals surface area contributed by atoms with Crippen molar-refractivity contribution in [1.29, 1.82) is 0 Å². The van der Waals surface area contributed by atoms with Crippen molar-refractivity contribution in [3.05, 3.63) is 88.7 Å². The van der Waals surface area contributed by atoms with E-state index in [4.69, 9.17) is 14.5 Å². The molecule has 2 aliphatic rings. The molecule has 3 unspecified atom stereocenters. The lowest BCUT2D eigenvalue weighted by Crippen LogP contribution is -2.34. The van der Waals surface area contributed by atoms with Crippen molar-refractivity contribution in [2.24, 2.45) is 4.99 Å². The lowest BCUT2D eigenvalue weighted by molar-refractivity contribution is 0.0954. The van der Waals surface area contributed by atoms with E-state index in [9.17, 15) is 9.90 Å². The summed E-state index contributed by atoms with van der Waals surface area (Å²) in [5, 5.41) is 13.3. The van der Waals surface area contributed by atoms with Gasteiger partial charge in [-0.3, -0.25) is 14.8 Å². The van der Waals surface area contributed by atoms with Crippen LogP contribution in [-0.2, 0) is 6.42 Å². The Labute approximate surface area is 211 Å². The fourth-order valence-corrected chi connectivity index (χ4v) is 5.24. The summed E-state index contributed by atoms with van der Waals surface area (Å²) < 4.78 is 11.2. The highest BCUT2D eigenvalue weighted by atomic mass is 16.5. The average molecular weight is 486 g/mol. The van der Waals surface area contributed by atoms with E-state index in [0.717, 1.165) is 47.2 Å². The number of aliphatic imine (C=N–C) groups is 1. The number of hydrogen-bond donors (Lipinski definition) is 2. The Morgan fingerprint density at radius 3 is 2.47 bits per heavy atom. The lowest BCUT2D eigenvalue weighted by atomic mass is 9.74. The maximum atomic E-state index is 12.7. The molecule has 0 spiro atoms. The van der Waals surface area contributed by atoms with Gasteiger partial charge in [0.25, 0.3) is 5.91 Å². The Kier molecular flexibility index (Phi) is 7.00. The smallest absolute Gasteiger partial charge is 0.251 e. The molecule has 1 fully saturated rings. The Bertz CT molecular complexity index is 1260. The second-order valence-electron chi connectivity index (χ2n) is 9.35. The van der Waals surface area contributed by atoms with Gasteiger partial charge >= 0.3 is 0 Å². The van der Waals surface area contributed by atoms with Crippen molar-refractivity contribution in [1.82, 2.24) is 10.3 Å². The van der Waals surface area contributed by atoms with Gasteiger partial charge in [0.2, 0.25) is 0 Å². The van der Waals surface area contributed by atoms with Crippen molar-refractivity contribution in [2.45, 2.75) is 43.7 Å². The zero-order valence-corrected chi connectivity index (χ0v) is 20.6. The number of rotatable bonds is 7. The zero-order chi connectivity index (χ0) is 25.1. The highest BCUT2D eigenvalue weighted by molar-refractivity contribution is 6.15. The monoisotopic (exact) mass is 485 g/mol. The van der Waals surface area contributed by atoms with E-state index < -0.39 is 0 Å². The number of ether oxygens (including phenoxy) is 2. The summed E-state index contributed by atoms with van der Waals surface area (Å²) in [4.78, 5) is 21.8. The van der Waals surface area contributed by atoms with Gasteiger partial charge in [0.1, 0.15) is 0 Å². The fraction of sp³-hybridized carbons (Fsp3) is 0.345. The molecule has 1 saturated carbocycles. The van der Waals surface area contributed by atoms with Crippen LogP contribution >= 0.6 is 0 Å². The molecule has 1 aromatic heterocycles. The molecule has 2 heterocycles. The number of nitrogens with zero attached hydrogens (tertiary/aromatic N) is 2. The average Bonchev–Trinajstić information content (AvgIpc) is 2.92. The van der Waals surface area contributed by atoms with E-state index in [-0.39, 0.29) is 24.0 Å². The molecule has 36 heavy (non-hydrogen) atoms. The first kappa shape index (κ1) is 24.0. The first-order valence-electron chi connectivity index (χ1n) is 12.4. The Morgan fingerprint density at radius 2 is 1.75 bits per heavy atom. The van der Waals surface area contributed by atoms with E-state index >= 15 is 0 Å². The van der Waals surface area contributed by atoms with Crippen LogP contribution < -0.4 is 14.8 Å². The van der Waals surface area contributed by atoms with Gasteiger partial charge in [-0.2, -0.15) is 0 Å². The van der Waals surface area contributed by atoms with Crippen molar-refractivity contribution in [2.75, 3.05) is 20.8 Å². The van der Waals surface area contributed by atoms with Crippen LogP contribution in [-0.4, -0.2) is 54.6 Å². The number of amides is 1. The fourth-order valence-electron chi connectivity index (χ4n) is 5.24. The molecule has 0 radical (unpaired) electrons. The van der Waals surface area contributed by atoms with E-state index in [2.05, 4.69) is 10.3 Å². The molecule has 3 atom stereocenters. The van der Waals surface area contributed by atoms with E-state index in [1.54, 1.807) is 26.6 Å². The summed E-state index contributed by atoms with van der Waals surface area (Å²) in [7, 11) is 3.26. The third-order valence-corrected chi connectivity index (χ3v) is 7.16. The third kappa shape index (κ3) is 4.84. The summed E-state index contributed by atoms with van der Waals surface area (Å²) in [6.45, 7) is 0.557. The first-order chi connectivity index (χ1) is 17.6. The number of aliphatic hydroxyl groups is 1. The predicted molar refractivity (Wildman–Crippen MR) is 138 cm³/mol. The van der Waals surface area contributed by atoms with Crippen LogP contribution in [0.1, 0.15) is 57.8 Å². The molecule has 1 aliphatic carbocycles. The number of aliphatic hydroxyl groups excluding tert-OH is 1. The topological polar surface area (TPSA) is 93.0 Å². The maximum Gasteiger partial charge on any atom is 0.251 e. The molecule has 0 bridgehead atoms. The van der Waals surface area contributed by atoms with Crippen molar-refractivity contribution in [3.63, 3.8) is 0 Å². The quantitative estimate of drug-likeness (QED) is 0.529. The number of nitrogens with one attached hydrogen (secondary N) is 1. The van der Waals surface area contributed by atoms with Crippen LogP contribution in [0.15, 0.2) is 65.9 Å². The normalized spacial score (nSPS) is 20.5. The molecule has 1 amide bonds. The number of methoxy groups -OCH3 is 2. The number of aromatic nitrogens is 1. The molecule has 7 nitrogen and oxygen atoms in total. The minimum atomic E-state index is -0.319. The molecule has 186 valence electrons. The second-order valence-corrected chi connectivity index (χ2v) is 9.35. The van der Waals surface area contributed by atoms with Crippen LogP contribution in [0.2, 0.25) is 0 Å². The predicted octanol–water partition coefficient (Wildman–Crippen LogP) is 3.92. The number of carbonyl (C=O) groups is 1. The molecular formula is C29H31N3O4. The van der Waals surface area contributed by atoms with Gasteiger partial charge in [-0.1, -0.05) is 12.1 Å². The molecule has 0 saturated heterocycles. The number of benzene rings is 2. The Hall–Kier alpha value is -3.71. The first-order valence-corrected chi connectivity index (χ1v) is 12.4. The zero-order valence-electron chi connectivity index (χ0n) is 20.6. The summed E-state index contributed by atoms with van der Waals surface area (Å²) in [6.07, 6.45) is 6.21. The lowest BCUT2D eigenvalue weighted by Gasteiger charge is -2.37. The summed E-state index contributed by atoms with van der Waals surface area (Å²) in [5.74, 6) is 1.35. The number of hydrogen-bond acceptors (Lipinski definition) is 6. The summed E-state index contributed by atoms with van der Waals surface area (Å²) >= 11 is 0. The minimum Gasteiger partial charge on any atom is -0.493 e. The van der Waals surface area contributed by atoms with Gasteiger partial charge < -0.3 is 19.9 Å². The van der Waals surface area contributed by atoms with Gasteiger partial charge in [-0.15, -0.1) is 0 Å². The highest BCUT2D eigenvalue weighted by Gasteiger charge is 2.37. The van der Waals surface area contributed by atoms with Crippen molar-refractivity contribution in [3.8, 4) is 11.5 Å². The Morgan fingerprint density at radius 1 is 1.03 bits per heavy atom. The van der Waals surface area contributed by atoms with E-state index in [0.29, 0.717) is 30.0 Å². The SMILES string of the molecule is COc1cc2c(cc1OC)C1CC(O)CCC1N=C2c1ccc(C(=O)NCCc2ccncc2)cc1. The molecule has 3 aromatic rings. The number of fused-ring (bicyclic) bond motifs is 3. The molecular weight excluding hydrogens is 454 g/mol. The summed E-state index contributed by atoms with van der Waals surface area (Å²) in [6, 6.07) is 15.6. The van der Waals surface area contributed by atoms with Crippen LogP contribution in [0.3, 0.4) is 0 Å². The maximum absolute atomic E-state index is 12.7. The largest absolute Gasteiger partial charge is 0.493 e. The van der Waals surface area contributed by atoms with Gasteiger partial charge in [-0.25, -0.2) is 0 Å². The second kappa shape index (κ2) is 10.5. The van der Waals surface area contributed by atoms with Crippen LogP contribution in [0.5, 0.6) is 11.5 Å². The van der Waals surface area contributed by atoms with E-state index in [1.807, 2.05) is 48.5 Å².